The van der Waals surface area contributed by atoms with Crippen molar-refractivity contribution in [1.29, 1.82) is 0 Å². The lowest BCUT2D eigenvalue weighted by atomic mass is 10.0. The number of hydrazine groups is 1. The average molecular weight is 403 g/mol. The van der Waals surface area contributed by atoms with Crippen LogP contribution in [-0.4, -0.2) is 17.9 Å². The minimum absolute atomic E-state index is 0.0889. The van der Waals surface area contributed by atoms with E-state index in [1.807, 2.05) is 24.3 Å². The van der Waals surface area contributed by atoms with Crippen LogP contribution in [0.5, 0.6) is 0 Å². The Balaban J connectivity index is 1.57. The van der Waals surface area contributed by atoms with Crippen molar-refractivity contribution < 1.29 is 9.59 Å². The van der Waals surface area contributed by atoms with Crippen molar-refractivity contribution in [2.24, 2.45) is 0 Å². The van der Waals surface area contributed by atoms with Crippen LogP contribution < -0.4 is 21.5 Å². The van der Waals surface area contributed by atoms with Crippen molar-refractivity contribution in [2.75, 3.05) is 10.6 Å². The van der Waals surface area contributed by atoms with Crippen LogP contribution in [0.4, 0.5) is 11.4 Å². The number of carbonyl (C=O) groups is 2. The lowest BCUT2D eigenvalue weighted by Gasteiger charge is -2.11. The lowest BCUT2D eigenvalue weighted by molar-refractivity contribution is -0.118. The monoisotopic (exact) mass is 402 g/mol. The first kappa shape index (κ1) is 17.6. The van der Waals surface area contributed by atoms with Crippen LogP contribution in [0.25, 0.3) is 0 Å². The summed E-state index contributed by atoms with van der Waals surface area (Å²) in [6.07, 6.45) is 0.664. The smallest absolute Gasteiger partial charge is 0.242 e. The molecule has 0 radical (unpaired) electrons. The van der Waals surface area contributed by atoms with Crippen molar-refractivity contribution in [2.45, 2.75) is 25.4 Å². The molecule has 0 aromatic heterocycles. The van der Waals surface area contributed by atoms with Gasteiger partial charge in [0.15, 0.2) is 0 Å². The molecule has 2 aromatic rings. The standard InChI is InChI=1S/C18H19BrN4O2/c1-11(24)20-14-6-8-15(9-7-14)21-18(25)17-10-16(22-23-17)12-2-4-13(19)5-3-12/h2-9,16-17,22-23H,10H2,1H3,(H,20,24)(H,21,25). The number of nitrogens with one attached hydrogen (secondary N) is 4. The molecule has 1 fully saturated rings. The Morgan fingerprint density at radius 3 is 2.16 bits per heavy atom. The zero-order valence-electron chi connectivity index (χ0n) is 13.7. The van der Waals surface area contributed by atoms with Crippen LogP contribution in [0.2, 0.25) is 0 Å². The van der Waals surface area contributed by atoms with Gasteiger partial charge in [0.05, 0.1) is 0 Å². The second-order valence-electron chi connectivity index (χ2n) is 5.93. The van der Waals surface area contributed by atoms with Crippen molar-refractivity contribution in [3.05, 3.63) is 58.6 Å². The summed E-state index contributed by atoms with van der Waals surface area (Å²) in [5, 5.41) is 5.57. The van der Waals surface area contributed by atoms with E-state index >= 15 is 0 Å². The zero-order chi connectivity index (χ0) is 17.8. The van der Waals surface area contributed by atoms with Gasteiger partial charge in [0.25, 0.3) is 0 Å². The first-order valence-electron chi connectivity index (χ1n) is 7.96. The largest absolute Gasteiger partial charge is 0.326 e. The van der Waals surface area contributed by atoms with Crippen LogP contribution in [0.15, 0.2) is 53.0 Å². The Hall–Kier alpha value is -2.22. The molecule has 2 amide bonds. The van der Waals surface area contributed by atoms with E-state index in [9.17, 15) is 9.59 Å². The van der Waals surface area contributed by atoms with Crippen LogP contribution in [-0.2, 0) is 9.59 Å². The SMILES string of the molecule is CC(=O)Nc1ccc(NC(=O)C2CC(c3ccc(Br)cc3)NN2)cc1. The maximum atomic E-state index is 12.4. The molecule has 1 aliphatic heterocycles. The second-order valence-corrected chi connectivity index (χ2v) is 6.84. The fourth-order valence-corrected chi connectivity index (χ4v) is 2.98. The minimum atomic E-state index is -0.316. The molecule has 2 unspecified atom stereocenters. The van der Waals surface area contributed by atoms with Gasteiger partial charge in [0.1, 0.15) is 6.04 Å². The average Bonchev–Trinajstić information content (AvgIpc) is 3.07. The van der Waals surface area contributed by atoms with E-state index in [2.05, 4.69) is 37.4 Å². The number of carbonyl (C=O) groups excluding carboxylic acids is 2. The number of halogens is 1. The molecule has 0 bridgehead atoms. The predicted octanol–water partition coefficient (Wildman–Crippen LogP) is 2.95. The third kappa shape index (κ3) is 4.66. The Bertz CT molecular complexity index is 762. The zero-order valence-corrected chi connectivity index (χ0v) is 15.3. The van der Waals surface area contributed by atoms with E-state index in [1.54, 1.807) is 24.3 Å². The van der Waals surface area contributed by atoms with E-state index in [0.717, 1.165) is 10.0 Å². The highest BCUT2D eigenvalue weighted by molar-refractivity contribution is 9.10. The quantitative estimate of drug-likeness (QED) is 0.633. The third-order valence-electron chi connectivity index (χ3n) is 3.96. The molecule has 4 N–H and O–H groups in total. The molecule has 2 aromatic carbocycles. The molecular weight excluding hydrogens is 384 g/mol. The number of hydrogen-bond donors (Lipinski definition) is 4. The molecule has 3 rings (SSSR count). The maximum absolute atomic E-state index is 12.4. The summed E-state index contributed by atoms with van der Waals surface area (Å²) in [6.45, 7) is 1.45. The van der Waals surface area contributed by atoms with Gasteiger partial charge in [-0.1, -0.05) is 28.1 Å². The summed E-state index contributed by atoms with van der Waals surface area (Å²) in [5.74, 6) is -0.226. The van der Waals surface area contributed by atoms with Crippen molar-refractivity contribution in [3.8, 4) is 0 Å². The summed E-state index contributed by atoms with van der Waals surface area (Å²) in [7, 11) is 0. The van der Waals surface area contributed by atoms with Gasteiger partial charge >= 0.3 is 0 Å². The topological polar surface area (TPSA) is 82.3 Å². The number of rotatable bonds is 4. The molecule has 6 nitrogen and oxygen atoms in total. The molecule has 2 atom stereocenters. The van der Waals surface area contributed by atoms with E-state index in [1.165, 1.54) is 6.92 Å². The highest BCUT2D eigenvalue weighted by Crippen LogP contribution is 2.24. The van der Waals surface area contributed by atoms with Crippen molar-refractivity contribution in [1.82, 2.24) is 10.9 Å². The van der Waals surface area contributed by atoms with Gasteiger partial charge in [0.2, 0.25) is 11.8 Å². The van der Waals surface area contributed by atoms with Crippen molar-refractivity contribution >= 4 is 39.1 Å². The molecule has 1 saturated heterocycles. The highest BCUT2D eigenvalue weighted by atomic mass is 79.9. The molecule has 130 valence electrons. The predicted molar refractivity (Wildman–Crippen MR) is 101 cm³/mol. The summed E-state index contributed by atoms with van der Waals surface area (Å²) in [5.41, 5.74) is 8.73. The van der Waals surface area contributed by atoms with Crippen molar-refractivity contribution in [3.63, 3.8) is 0 Å². The first-order valence-corrected chi connectivity index (χ1v) is 8.75. The summed E-state index contributed by atoms with van der Waals surface area (Å²) < 4.78 is 1.03. The molecule has 0 aliphatic carbocycles. The van der Waals surface area contributed by atoms with Gasteiger partial charge in [-0.05, 0) is 48.4 Å². The Morgan fingerprint density at radius 2 is 1.56 bits per heavy atom. The van der Waals surface area contributed by atoms with Gasteiger partial charge in [-0.25, -0.2) is 10.9 Å². The molecule has 0 saturated carbocycles. The van der Waals surface area contributed by atoms with E-state index < -0.39 is 0 Å². The van der Waals surface area contributed by atoms with Crippen LogP contribution in [0.3, 0.4) is 0 Å². The number of hydrogen-bond acceptors (Lipinski definition) is 4. The van der Waals surface area contributed by atoms with E-state index in [0.29, 0.717) is 17.8 Å². The van der Waals surface area contributed by atoms with E-state index in [-0.39, 0.29) is 23.9 Å². The Morgan fingerprint density at radius 1 is 0.960 bits per heavy atom. The van der Waals surface area contributed by atoms with Gasteiger partial charge in [-0.15, -0.1) is 0 Å². The lowest BCUT2D eigenvalue weighted by Crippen LogP contribution is -2.39. The number of amides is 2. The van der Waals surface area contributed by atoms with Gasteiger partial charge < -0.3 is 10.6 Å². The van der Waals surface area contributed by atoms with Crippen LogP contribution >= 0.6 is 15.9 Å². The van der Waals surface area contributed by atoms with Gasteiger partial charge in [-0.3, -0.25) is 9.59 Å². The Kier molecular flexibility index (Phi) is 5.47. The summed E-state index contributed by atoms with van der Waals surface area (Å²) in [4.78, 5) is 23.4. The molecule has 7 heteroatoms. The van der Waals surface area contributed by atoms with Gasteiger partial charge in [0, 0.05) is 28.8 Å². The van der Waals surface area contributed by atoms with E-state index in [4.69, 9.17) is 0 Å². The fraction of sp³-hybridized carbons (Fsp3) is 0.222. The molecule has 1 aliphatic rings. The molecular formula is C18H19BrN4O2. The summed E-state index contributed by atoms with van der Waals surface area (Å²) in [6, 6.07) is 14.8. The Labute approximate surface area is 154 Å². The molecule has 0 spiro atoms. The van der Waals surface area contributed by atoms with Gasteiger partial charge in [-0.2, -0.15) is 0 Å². The normalized spacial score (nSPS) is 19.4. The molecule has 25 heavy (non-hydrogen) atoms. The number of anilines is 2. The second kappa shape index (κ2) is 7.77. The minimum Gasteiger partial charge on any atom is -0.326 e. The highest BCUT2D eigenvalue weighted by Gasteiger charge is 2.30. The fourth-order valence-electron chi connectivity index (χ4n) is 2.71. The first-order chi connectivity index (χ1) is 12.0. The third-order valence-corrected chi connectivity index (χ3v) is 4.49. The number of benzene rings is 2. The van der Waals surface area contributed by atoms with Crippen LogP contribution in [0.1, 0.15) is 24.9 Å². The molecule has 1 heterocycles. The summed E-state index contributed by atoms with van der Waals surface area (Å²) >= 11 is 3.42. The van der Waals surface area contributed by atoms with Crippen LogP contribution in [0, 0.1) is 0 Å². The maximum Gasteiger partial charge on any atom is 0.242 e.